The second-order valence-corrected chi connectivity index (χ2v) is 11.1. The first-order valence-corrected chi connectivity index (χ1v) is 13.3. The average molecular weight is 489 g/mol. The van der Waals surface area contributed by atoms with Crippen LogP contribution >= 0.6 is 0 Å². The SMILES string of the molecule is O=C(N1CCCN(S(=O)(=O)c2ccc(F)cc2)CC1)C1(c2ccc3c(c2)OCCO3)CCCC1. The van der Waals surface area contributed by atoms with E-state index in [-0.39, 0.29) is 17.3 Å². The third kappa shape index (κ3) is 4.15. The van der Waals surface area contributed by atoms with Crippen LogP contribution in [0.15, 0.2) is 47.4 Å². The highest BCUT2D eigenvalue weighted by molar-refractivity contribution is 7.89. The van der Waals surface area contributed by atoms with Crippen molar-refractivity contribution in [2.24, 2.45) is 0 Å². The zero-order chi connectivity index (χ0) is 23.8. The van der Waals surface area contributed by atoms with Gasteiger partial charge in [-0.25, -0.2) is 12.8 Å². The van der Waals surface area contributed by atoms with Crippen LogP contribution < -0.4 is 9.47 Å². The highest BCUT2D eigenvalue weighted by Crippen LogP contribution is 2.45. The van der Waals surface area contributed by atoms with Crippen molar-refractivity contribution >= 4 is 15.9 Å². The average Bonchev–Trinajstić information content (AvgIpc) is 3.22. The van der Waals surface area contributed by atoms with Gasteiger partial charge < -0.3 is 14.4 Å². The fourth-order valence-electron chi connectivity index (χ4n) is 5.34. The topological polar surface area (TPSA) is 76.2 Å². The number of fused-ring (bicyclic) bond motifs is 1. The molecule has 34 heavy (non-hydrogen) atoms. The van der Waals surface area contributed by atoms with Crippen LogP contribution in [0, 0.1) is 5.82 Å². The predicted octanol–water partition coefficient (Wildman–Crippen LogP) is 3.33. The molecule has 2 fully saturated rings. The van der Waals surface area contributed by atoms with Crippen molar-refractivity contribution in [2.75, 3.05) is 39.4 Å². The van der Waals surface area contributed by atoms with Gasteiger partial charge in [-0.1, -0.05) is 18.9 Å². The van der Waals surface area contributed by atoms with Gasteiger partial charge in [0.2, 0.25) is 15.9 Å². The number of rotatable bonds is 4. The lowest BCUT2D eigenvalue weighted by Gasteiger charge is -2.35. The number of sulfonamides is 1. The van der Waals surface area contributed by atoms with E-state index in [1.54, 1.807) is 0 Å². The summed E-state index contributed by atoms with van der Waals surface area (Å²) >= 11 is 0. The molecule has 1 aliphatic carbocycles. The van der Waals surface area contributed by atoms with E-state index in [0.29, 0.717) is 50.8 Å². The third-order valence-electron chi connectivity index (χ3n) is 7.15. The number of carbonyl (C=O) groups excluding carboxylic acids is 1. The highest BCUT2D eigenvalue weighted by Gasteiger charge is 2.46. The lowest BCUT2D eigenvalue weighted by atomic mass is 9.77. The molecule has 9 heteroatoms. The van der Waals surface area contributed by atoms with E-state index < -0.39 is 21.3 Å². The number of amides is 1. The molecule has 0 bridgehead atoms. The predicted molar refractivity (Wildman–Crippen MR) is 124 cm³/mol. The van der Waals surface area contributed by atoms with Gasteiger partial charge in [-0.05, 0) is 61.2 Å². The minimum Gasteiger partial charge on any atom is -0.486 e. The van der Waals surface area contributed by atoms with Crippen LogP contribution in [-0.4, -0.2) is 62.9 Å². The minimum atomic E-state index is -3.75. The van der Waals surface area contributed by atoms with Gasteiger partial charge in [-0.15, -0.1) is 0 Å². The van der Waals surface area contributed by atoms with Crippen molar-refractivity contribution in [3.8, 4) is 11.5 Å². The molecule has 2 heterocycles. The first kappa shape index (κ1) is 23.1. The Hall–Kier alpha value is -2.65. The summed E-state index contributed by atoms with van der Waals surface area (Å²) in [6, 6.07) is 10.7. The Morgan fingerprint density at radius 3 is 2.29 bits per heavy atom. The van der Waals surface area contributed by atoms with Crippen LogP contribution in [0.1, 0.15) is 37.7 Å². The zero-order valence-electron chi connectivity index (χ0n) is 19.0. The van der Waals surface area contributed by atoms with Crippen LogP contribution in [0.4, 0.5) is 4.39 Å². The number of nitrogens with zero attached hydrogens (tertiary/aromatic N) is 2. The Balaban J connectivity index is 1.36. The quantitative estimate of drug-likeness (QED) is 0.660. The van der Waals surface area contributed by atoms with Gasteiger partial charge >= 0.3 is 0 Å². The fourth-order valence-corrected chi connectivity index (χ4v) is 6.81. The number of carbonyl (C=O) groups is 1. The summed E-state index contributed by atoms with van der Waals surface area (Å²) < 4.78 is 52.3. The van der Waals surface area contributed by atoms with Crippen molar-refractivity contribution in [3.63, 3.8) is 0 Å². The Morgan fingerprint density at radius 1 is 0.853 bits per heavy atom. The number of hydrogen-bond donors (Lipinski definition) is 0. The van der Waals surface area contributed by atoms with Crippen molar-refractivity contribution in [2.45, 2.75) is 42.4 Å². The lowest BCUT2D eigenvalue weighted by Crippen LogP contribution is -2.47. The van der Waals surface area contributed by atoms with E-state index in [4.69, 9.17) is 9.47 Å². The van der Waals surface area contributed by atoms with Gasteiger partial charge in [-0.3, -0.25) is 4.79 Å². The molecule has 2 aromatic carbocycles. The first-order chi connectivity index (χ1) is 16.4. The van der Waals surface area contributed by atoms with Gasteiger partial charge in [0.25, 0.3) is 0 Å². The summed E-state index contributed by atoms with van der Waals surface area (Å²) in [7, 11) is -3.75. The zero-order valence-corrected chi connectivity index (χ0v) is 19.9. The van der Waals surface area contributed by atoms with E-state index >= 15 is 0 Å². The number of ether oxygens (including phenoxy) is 2. The molecule has 1 amide bonds. The molecule has 7 nitrogen and oxygen atoms in total. The third-order valence-corrected chi connectivity index (χ3v) is 9.07. The summed E-state index contributed by atoms with van der Waals surface area (Å²) in [6.07, 6.45) is 4.01. The summed E-state index contributed by atoms with van der Waals surface area (Å²) in [4.78, 5) is 15.8. The number of hydrogen-bond acceptors (Lipinski definition) is 5. The number of halogens is 1. The van der Waals surface area contributed by atoms with Crippen LogP contribution in [0.25, 0.3) is 0 Å². The van der Waals surface area contributed by atoms with Crippen molar-refractivity contribution < 1.29 is 27.1 Å². The first-order valence-electron chi connectivity index (χ1n) is 11.9. The maximum Gasteiger partial charge on any atom is 0.243 e. The summed E-state index contributed by atoms with van der Waals surface area (Å²) in [6.45, 7) is 2.36. The van der Waals surface area contributed by atoms with Crippen LogP contribution in [-0.2, 0) is 20.2 Å². The number of benzene rings is 2. The largest absolute Gasteiger partial charge is 0.486 e. The van der Waals surface area contributed by atoms with Crippen LogP contribution in [0.5, 0.6) is 11.5 Å². The van der Waals surface area contributed by atoms with E-state index in [1.807, 2.05) is 23.1 Å². The van der Waals surface area contributed by atoms with Crippen molar-refractivity contribution in [1.82, 2.24) is 9.21 Å². The second-order valence-electron chi connectivity index (χ2n) is 9.15. The highest BCUT2D eigenvalue weighted by atomic mass is 32.2. The molecule has 2 aliphatic heterocycles. The van der Waals surface area contributed by atoms with E-state index in [2.05, 4.69) is 0 Å². The van der Waals surface area contributed by atoms with E-state index in [1.165, 1.54) is 16.4 Å². The molecule has 0 radical (unpaired) electrons. The maximum atomic E-state index is 14.0. The van der Waals surface area contributed by atoms with E-state index in [0.717, 1.165) is 43.4 Å². The molecule has 0 spiro atoms. The molecular weight excluding hydrogens is 459 g/mol. The fraction of sp³-hybridized carbons (Fsp3) is 0.480. The van der Waals surface area contributed by atoms with Crippen molar-refractivity contribution in [3.05, 3.63) is 53.8 Å². The molecule has 0 aromatic heterocycles. The lowest BCUT2D eigenvalue weighted by molar-refractivity contribution is -0.137. The van der Waals surface area contributed by atoms with Crippen molar-refractivity contribution in [1.29, 1.82) is 0 Å². The molecule has 0 unspecified atom stereocenters. The molecule has 182 valence electrons. The van der Waals surface area contributed by atoms with Gasteiger partial charge in [-0.2, -0.15) is 4.31 Å². The standard InChI is InChI=1S/C25H29FN2O5S/c26-20-5-7-21(8-6-20)34(30,31)28-13-3-12-27(14-15-28)24(29)25(10-1-2-11-25)19-4-9-22-23(18-19)33-17-16-32-22/h4-9,18H,1-3,10-17H2. The van der Waals surface area contributed by atoms with Gasteiger partial charge in [0, 0.05) is 26.2 Å². The molecule has 1 saturated heterocycles. The molecule has 0 atom stereocenters. The smallest absolute Gasteiger partial charge is 0.243 e. The van der Waals surface area contributed by atoms with Gasteiger partial charge in [0.15, 0.2) is 11.5 Å². The molecule has 3 aliphatic rings. The normalized spacial score (nSPS) is 20.7. The molecular formula is C25H29FN2O5S. The molecule has 5 rings (SSSR count). The molecule has 1 saturated carbocycles. The monoisotopic (exact) mass is 488 g/mol. The van der Waals surface area contributed by atoms with E-state index in [9.17, 15) is 17.6 Å². The van der Waals surface area contributed by atoms with Gasteiger partial charge in [0.1, 0.15) is 19.0 Å². The Labute approximate surface area is 199 Å². The van der Waals surface area contributed by atoms with Crippen LogP contribution in [0.2, 0.25) is 0 Å². The molecule has 2 aromatic rings. The molecule has 0 N–H and O–H groups in total. The van der Waals surface area contributed by atoms with Gasteiger partial charge in [0.05, 0.1) is 10.3 Å². The Morgan fingerprint density at radius 2 is 1.56 bits per heavy atom. The summed E-state index contributed by atoms with van der Waals surface area (Å²) in [5.74, 6) is 0.956. The van der Waals surface area contributed by atoms with Crippen LogP contribution in [0.3, 0.4) is 0 Å². The Kier molecular flexibility index (Phi) is 6.24. The Bertz CT molecular complexity index is 1160. The minimum absolute atomic E-state index is 0.0581. The summed E-state index contributed by atoms with van der Waals surface area (Å²) in [5.41, 5.74) is 0.320. The maximum absolute atomic E-state index is 14.0. The second kappa shape index (κ2) is 9.19. The summed E-state index contributed by atoms with van der Waals surface area (Å²) in [5, 5.41) is 0.